The van der Waals surface area contributed by atoms with Gasteiger partial charge in [-0.2, -0.15) is 4.39 Å². The van der Waals surface area contributed by atoms with Crippen LogP contribution in [0.15, 0.2) is 48.5 Å². The zero-order valence-electron chi connectivity index (χ0n) is 11.0. The Hall–Kier alpha value is -2.53. The largest absolute Gasteiger partial charge is 0.453 e. The highest BCUT2D eigenvalue weighted by Crippen LogP contribution is 2.31. The second-order valence-corrected chi connectivity index (χ2v) is 4.49. The van der Waals surface area contributed by atoms with E-state index in [1.807, 2.05) is 18.2 Å². The number of hydrogen-bond acceptors (Lipinski definition) is 3. The molecular weight excluding hydrogens is 274 g/mol. The fourth-order valence-corrected chi connectivity index (χ4v) is 2.07. The van der Waals surface area contributed by atoms with E-state index in [1.165, 1.54) is 12.1 Å². The van der Waals surface area contributed by atoms with Crippen LogP contribution < -0.4 is 10.5 Å². The molecule has 0 radical (unpaired) electrons. The van der Waals surface area contributed by atoms with Gasteiger partial charge in [-0.1, -0.05) is 18.2 Å². The quantitative estimate of drug-likeness (QED) is 0.797. The summed E-state index contributed by atoms with van der Waals surface area (Å²) in [5, 5.41) is 0.707. The van der Waals surface area contributed by atoms with Crippen LogP contribution in [-0.2, 0) is 6.54 Å². The van der Waals surface area contributed by atoms with Crippen LogP contribution in [0.3, 0.4) is 0 Å². The van der Waals surface area contributed by atoms with Gasteiger partial charge in [0.1, 0.15) is 5.75 Å². The lowest BCUT2D eigenvalue weighted by molar-refractivity contribution is 0.418. The average molecular weight is 286 g/mol. The van der Waals surface area contributed by atoms with Crippen molar-refractivity contribution in [2.24, 2.45) is 5.73 Å². The summed E-state index contributed by atoms with van der Waals surface area (Å²) in [5.74, 6) is -1.75. The number of halogens is 2. The number of nitrogens with two attached hydrogens (primary N) is 1. The van der Waals surface area contributed by atoms with E-state index in [4.69, 9.17) is 10.5 Å². The molecule has 3 rings (SSSR count). The fraction of sp³-hybridized carbons (Fsp3) is 0.0625. The van der Waals surface area contributed by atoms with Crippen molar-refractivity contribution < 1.29 is 13.5 Å². The van der Waals surface area contributed by atoms with E-state index < -0.39 is 11.6 Å². The average Bonchev–Trinajstić information content (AvgIpc) is 2.51. The van der Waals surface area contributed by atoms with Crippen LogP contribution in [0.4, 0.5) is 8.78 Å². The van der Waals surface area contributed by atoms with Crippen molar-refractivity contribution >= 4 is 10.9 Å². The summed E-state index contributed by atoms with van der Waals surface area (Å²) in [7, 11) is 0. The lowest BCUT2D eigenvalue weighted by atomic mass is 10.2. The first-order valence-electron chi connectivity index (χ1n) is 6.39. The third kappa shape index (κ3) is 2.55. The summed E-state index contributed by atoms with van der Waals surface area (Å²) in [6, 6.07) is 12.7. The molecule has 0 amide bonds. The lowest BCUT2D eigenvalue weighted by Gasteiger charge is -2.11. The van der Waals surface area contributed by atoms with Crippen molar-refractivity contribution in [3.63, 3.8) is 0 Å². The number of pyridine rings is 1. The van der Waals surface area contributed by atoms with Crippen LogP contribution in [0, 0.1) is 11.6 Å². The molecular formula is C16H12F2N2O. The molecule has 0 bridgehead atoms. The molecule has 3 aromatic rings. The Balaban J connectivity index is 2.13. The summed E-state index contributed by atoms with van der Waals surface area (Å²) in [6.45, 7) is 0.229. The van der Waals surface area contributed by atoms with E-state index in [-0.39, 0.29) is 12.3 Å². The standard InChI is InChI=1S/C16H12F2N2O/c17-12-5-3-7-14(16(12)18)21-15-8-10(9-19)20-13-6-2-1-4-11(13)15/h1-8H,9,19H2. The van der Waals surface area contributed by atoms with Crippen LogP contribution in [0.5, 0.6) is 11.5 Å². The second kappa shape index (κ2) is 5.46. The van der Waals surface area contributed by atoms with Crippen LogP contribution in [-0.4, -0.2) is 4.98 Å². The molecule has 0 atom stereocenters. The Labute approximate surface area is 120 Å². The molecule has 0 aliphatic rings. The van der Waals surface area contributed by atoms with Gasteiger partial charge in [-0.3, -0.25) is 4.98 Å². The monoisotopic (exact) mass is 286 g/mol. The molecule has 2 aromatic carbocycles. The first-order valence-corrected chi connectivity index (χ1v) is 6.39. The van der Waals surface area contributed by atoms with Crippen LogP contribution in [0.25, 0.3) is 10.9 Å². The van der Waals surface area contributed by atoms with E-state index >= 15 is 0 Å². The van der Waals surface area contributed by atoms with Gasteiger partial charge in [-0.15, -0.1) is 0 Å². The SMILES string of the molecule is NCc1cc(Oc2cccc(F)c2F)c2ccccc2n1. The van der Waals surface area contributed by atoms with Gasteiger partial charge in [-0.05, 0) is 24.3 Å². The van der Waals surface area contributed by atoms with E-state index in [9.17, 15) is 8.78 Å². The van der Waals surface area contributed by atoms with Crippen molar-refractivity contribution in [3.8, 4) is 11.5 Å². The molecule has 0 aliphatic heterocycles. The maximum atomic E-state index is 13.7. The maximum Gasteiger partial charge on any atom is 0.201 e. The minimum atomic E-state index is -1.02. The van der Waals surface area contributed by atoms with Gasteiger partial charge in [0.15, 0.2) is 11.6 Å². The number of fused-ring (bicyclic) bond motifs is 1. The molecule has 1 heterocycles. The number of para-hydroxylation sites is 1. The molecule has 2 N–H and O–H groups in total. The predicted molar refractivity (Wildman–Crippen MR) is 76.1 cm³/mol. The lowest BCUT2D eigenvalue weighted by Crippen LogP contribution is -2.01. The number of ether oxygens (including phenoxy) is 1. The van der Waals surface area contributed by atoms with E-state index in [0.29, 0.717) is 22.3 Å². The molecule has 0 spiro atoms. The topological polar surface area (TPSA) is 48.1 Å². The van der Waals surface area contributed by atoms with Crippen LogP contribution in [0.2, 0.25) is 0 Å². The number of benzene rings is 2. The van der Waals surface area contributed by atoms with E-state index in [1.54, 1.807) is 12.1 Å². The maximum absolute atomic E-state index is 13.7. The Bertz CT molecular complexity index is 805. The predicted octanol–water partition coefficient (Wildman–Crippen LogP) is 3.76. The summed E-state index contributed by atoms with van der Waals surface area (Å²) in [6.07, 6.45) is 0. The first kappa shape index (κ1) is 13.5. The van der Waals surface area contributed by atoms with Crippen LogP contribution >= 0.6 is 0 Å². The molecule has 0 saturated heterocycles. The molecule has 1 aromatic heterocycles. The summed E-state index contributed by atoms with van der Waals surface area (Å²) in [5.41, 5.74) is 6.90. The zero-order chi connectivity index (χ0) is 14.8. The molecule has 106 valence electrons. The normalized spacial score (nSPS) is 10.8. The summed E-state index contributed by atoms with van der Waals surface area (Å²) in [4.78, 5) is 4.36. The van der Waals surface area contributed by atoms with Crippen molar-refractivity contribution in [1.82, 2.24) is 4.98 Å². The van der Waals surface area contributed by atoms with Gasteiger partial charge in [0.05, 0.1) is 11.2 Å². The molecule has 0 saturated carbocycles. The highest BCUT2D eigenvalue weighted by molar-refractivity contribution is 5.85. The van der Waals surface area contributed by atoms with E-state index in [2.05, 4.69) is 4.98 Å². The van der Waals surface area contributed by atoms with Gasteiger partial charge >= 0.3 is 0 Å². The smallest absolute Gasteiger partial charge is 0.201 e. The minimum Gasteiger partial charge on any atom is -0.453 e. The van der Waals surface area contributed by atoms with Gasteiger partial charge in [0.25, 0.3) is 0 Å². The highest BCUT2D eigenvalue weighted by Gasteiger charge is 2.12. The molecule has 21 heavy (non-hydrogen) atoms. The van der Waals surface area contributed by atoms with Crippen molar-refractivity contribution in [2.45, 2.75) is 6.54 Å². The van der Waals surface area contributed by atoms with Crippen molar-refractivity contribution in [1.29, 1.82) is 0 Å². The van der Waals surface area contributed by atoms with Crippen molar-refractivity contribution in [2.75, 3.05) is 0 Å². The minimum absolute atomic E-state index is 0.172. The van der Waals surface area contributed by atoms with Gasteiger partial charge in [0.2, 0.25) is 5.82 Å². The molecule has 0 aliphatic carbocycles. The van der Waals surface area contributed by atoms with Gasteiger partial charge in [0, 0.05) is 18.0 Å². The number of nitrogens with zero attached hydrogens (tertiary/aromatic N) is 1. The Kier molecular flexibility index (Phi) is 3.50. The third-order valence-corrected chi connectivity index (χ3v) is 3.08. The Morgan fingerprint density at radius 3 is 2.62 bits per heavy atom. The second-order valence-electron chi connectivity index (χ2n) is 4.49. The molecule has 5 heteroatoms. The third-order valence-electron chi connectivity index (χ3n) is 3.08. The number of hydrogen-bond donors (Lipinski definition) is 1. The van der Waals surface area contributed by atoms with E-state index in [0.717, 1.165) is 6.07 Å². The van der Waals surface area contributed by atoms with Crippen molar-refractivity contribution in [3.05, 3.63) is 65.9 Å². The molecule has 0 unspecified atom stereocenters. The number of aromatic nitrogens is 1. The Morgan fingerprint density at radius 2 is 1.81 bits per heavy atom. The number of rotatable bonds is 3. The molecule has 0 fully saturated rings. The van der Waals surface area contributed by atoms with Crippen LogP contribution in [0.1, 0.15) is 5.69 Å². The van der Waals surface area contributed by atoms with Gasteiger partial charge < -0.3 is 10.5 Å². The Morgan fingerprint density at radius 1 is 1.00 bits per heavy atom. The zero-order valence-corrected chi connectivity index (χ0v) is 11.0. The highest BCUT2D eigenvalue weighted by atomic mass is 19.2. The van der Waals surface area contributed by atoms with Gasteiger partial charge in [-0.25, -0.2) is 4.39 Å². The first-order chi connectivity index (χ1) is 10.2. The fourth-order valence-electron chi connectivity index (χ4n) is 2.07. The summed E-state index contributed by atoms with van der Waals surface area (Å²) >= 11 is 0. The summed E-state index contributed by atoms with van der Waals surface area (Å²) < 4.78 is 32.5. The molecule has 3 nitrogen and oxygen atoms in total.